The minimum absolute atomic E-state index is 0.0742. The zero-order valence-corrected chi connectivity index (χ0v) is 12.4. The number of hydrogen-bond acceptors (Lipinski definition) is 5. The van der Waals surface area contributed by atoms with E-state index in [9.17, 15) is 10.1 Å². The number of hydrogen-bond donors (Lipinski definition) is 0. The van der Waals surface area contributed by atoms with Crippen molar-refractivity contribution in [2.24, 2.45) is 0 Å². The topological polar surface area (TPSA) is 78.4 Å². The van der Waals surface area contributed by atoms with E-state index in [0.717, 1.165) is 5.56 Å². The molecule has 6 nitrogen and oxygen atoms in total. The summed E-state index contributed by atoms with van der Waals surface area (Å²) in [6, 6.07) is 14.2. The van der Waals surface area contributed by atoms with Gasteiger partial charge in [-0.05, 0) is 31.2 Å². The summed E-state index contributed by atoms with van der Waals surface area (Å²) in [7, 11) is 0. The van der Waals surface area contributed by atoms with Crippen LogP contribution in [0.15, 0.2) is 59.2 Å². The van der Waals surface area contributed by atoms with Crippen LogP contribution in [0.25, 0.3) is 11.5 Å². The minimum Gasteiger partial charge on any atom is -0.487 e. The standard InChI is InChI=1S/C17H14N2O4/c1-12-9-15(7-8-16(12)19(20)21)22-10-14-11-23-17(18-14)13-5-3-2-4-6-13/h2-9,11H,10H2,1H3. The summed E-state index contributed by atoms with van der Waals surface area (Å²) >= 11 is 0. The van der Waals surface area contributed by atoms with Crippen molar-refractivity contribution in [1.82, 2.24) is 4.98 Å². The van der Waals surface area contributed by atoms with Crippen molar-refractivity contribution >= 4 is 5.69 Å². The zero-order valence-electron chi connectivity index (χ0n) is 12.4. The number of benzene rings is 2. The second kappa shape index (κ2) is 6.31. The maximum Gasteiger partial charge on any atom is 0.272 e. The van der Waals surface area contributed by atoms with Crippen molar-refractivity contribution < 1.29 is 14.1 Å². The van der Waals surface area contributed by atoms with E-state index in [0.29, 0.717) is 22.9 Å². The van der Waals surface area contributed by atoms with E-state index in [1.165, 1.54) is 6.07 Å². The summed E-state index contributed by atoms with van der Waals surface area (Å²) in [5, 5.41) is 10.8. The van der Waals surface area contributed by atoms with Crippen molar-refractivity contribution in [2.75, 3.05) is 0 Å². The first-order chi connectivity index (χ1) is 11.1. The molecule has 2 aromatic carbocycles. The lowest BCUT2D eigenvalue weighted by atomic mass is 10.2. The summed E-state index contributed by atoms with van der Waals surface area (Å²) in [6.07, 6.45) is 1.54. The van der Waals surface area contributed by atoms with Gasteiger partial charge in [-0.2, -0.15) is 0 Å². The van der Waals surface area contributed by atoms with Crippen molar-refractivity contribution in [1.29, 1.82) is 0 Å². The molecule has 0 radical (unpaired) electrons. The molecule has 0 unspecified atom stereocenters. The van der Waals surface area contributed by atoms with Gasteiger partial charge in [-0.15, -0.1) is 0 Å². The van der Waals surface area contributed by atoms with E-state index in [1.54, 1.807) is 25.3 Å². The lowest BCUT2D eigenvalue weighted by Gasteiger charge is -2.05. The van der Waals surface area contributed by atoms with Crippen molar-refractivity contribution in [3.05, 3.63) is 76.2 Å². The number of oxazole rings is 1. The Labute approximate surface area is 132 Å². The van der Waals surface area contributed by atoms with Crippen LogP contribution in [-0.2, 0) is 6.61 Å². The molecule has 0 spiro atoms. The van der Waals surface area contributed by atoms with Crippen LogP contribution >= 0.6 is 0 Å². The summed E-state index contributed by atoms with van der Waals surface area (Å²) in [6.45, 7) is 1.90. The number of aryl methyl sites for hydroxylation is 1. The Morgan fingerprint density at radius 3 is 2.70 bits per heavy atom. The number of aromatic nitrogens is 1. The number of nitro groups is 1. The first-order valence-corrected chi connectivity index (χ1v) is 7.01. The van der Waals surface area contributed by atoms with Crippen LogP contribution in [0.1, 0.15) is 11.3 Å². The Balaban J connectivity index is 1.68. The van der Waals surface area contributed by atoms with Gasteiger partial charge in [0.2, 0.25) is 5.89 Å². The fraction of sp³-hybridized carbons (Fsp3) is 0.118. The highest BCUT2D eigenvalue weighted by atomic mass is 16.6. The average Bonchev–Trinajstić information content (AvgIpc) is 3.02. The van der Waals surface area contributed by atoms with Gasteiger partial charge in [0.25, 0.3) is 5.69 Å². The third kappa shape index (κ3) is 3.37. The molecule has 0 N–H and O–H groups in total. The van der Waals surface area contributed by atoms with Crippen LogP contribution in [-0.4, -0.2) is 9.91 Å². The fourth-order valence-corrected chi connectivity index (χ4v) is 2.17. The van der Waals surface area contributed by atoms with E-state index in [-0.39, 0.29) is 12.3 Å². The molecule has 0 aliphatic carbocycles. The van der Waals surface area contributed by atoms with Crippen LogP contribution in [0.4, 0.5) is 5.69 Å². The molecule has 0 saturated carbocycles. The van der Waals surface area contributed by atoms with Crippen LogP contribution in [0.2, 0.25) is 0 Å². The minimum atomic E-state index is -0.414. The second-order valence-electron chi connectivity index (χ2n) is 5.00. The third-order valence-corrected chi connectivity index (χ3v) is 3.32. The molecular weight excluding hydrogens is 296 g/mol. The maximum atomic E-state index is 10.8. The largest absolute Gasteiger partial charge is 0.487 e. The van der Waals surface area contributed by atoms with Gasteiger partial charge in [0.05, 0.1) is 4.92 Å². The number of ether oxygens (including phenoxy) is 1. The Hall–Kier alpha value is -3.15. The fourth-order valence-electron chi connectivity index (χ4n) is 2.17. The summed E-state index contributed by atoms with van der Waals surface area (Å²) in [4.78, 5) is 14.7. The van der Waals surface area contributed by atoms with E-state index in [1.807, 2.05) is 30.3 Å². The van der Waals surface area contributed by atoms with Crippen LogP contribution < -0.4 is 4.74 Å². The molecule has 0 aliphatic rings. The molecule has 0 saturated heterocycles. The molecule has 3 aromatic rings. The Bertz CT molecular complexity index is 828. The van der Waals surface area contributed by atoms with Gasteiger partial charge in [0.1, 0.15) is 24.3 Å². The van der Waals surface area contributed by atoms with Gasteiger partial charge < -0.3 is 9.15 Å². The molecule has 1 heterocycles. The van der Waals surface area contributed by atoms with Gasteiger partial charge in [0, 0.05) is 17.2 Å². The first-order valence-electron chi connectivity index (χ1n) is 7.01. The second-order valence-corrected chi connectivity index (χ2v) is 5.00. The Morgan fingerprint density at radius 2 is 2.00 bits per heavy atom. The lowest BCUT2D eigenvalue weighted by Crippen LogP contribution is -1.97. The van der Waals surface area contributed by atoms with E-state index in [2.05, 4.69) is 4.98 Å². The number of rotatable bonds is 5. The average molecular weight is 310 g/mol. The predicted octanol–water partition coefficient (Wildman–Crippen LogP) is 4.14. The molecule has 1 aromatic heterocycles. The molecule has 0 atom stereocenters. The highest BCUT2D eigenvalue weighted by Crippen LogP contribution is 2.24. The van der Waals surface area contributed by atoms with Crippen molar-refractivity contribution in [2.45, 2.75) is 13.5 Å². The summed E-state index contributed by atoms with van der Waals surface area (Å²) in [5.74, 6) is 1.08. The highest BCUT2D eigenvalue weighted by Gasteiger charge is 2.11. The van der Waals surface area contributed by atoms with Gasteiger partial charge in [-0.1, -0.05) is 18.2 Å². The molecule has 3 rings (SSSR count). The number of nitrogens with zero attached hydrogens (tertiary/aromatic N) is 2. The maximum absolute atomic E-state index is 10.8. The Morgan fingerprint density at radius 1 is 1.22 bits per heavy atom. The quantitative estimate of drug-likeness (QED) is 0.523. The lowest BCUT2D eigenvalue weighted by molar-refractivity contribution is -0.385. The van der Waals surface area contributed by atoms with Crippen molar-refractivity contribution in [3.8, 4) is 17.2 Å². The highest BCUT2D eigenvalue weighted by molar-refractivity contribution is 5.52. The molecule has 0 aliphatic heterocycles. The monoisotopic (exact) mass is 310 g/mol. The molecule has 0 fully saturated rings. The van der Waals surface area contributed by atoms with Crippen LogP contribution in [0, 0.1) is 17.0 Å². The van der Waals surface area contributed by atoms with Gasteiger partial charge >= 0.3 is 0 Å². The molecule has 116 valence electrons. The predicted molar refractivity (Wildman–Crippen MR) is 84.1 cm³/mol. The van der Waals surface area contributed by atoms with Gasteiger partial charge in [-0.25, -0.2) is 4.98 Å². The van der Waals surface area contributed by atoms with Gasteiger partial charge in [0.15, 0.2) is 0 Å². The molecule has 6 heteroatoms. The molecule has 0 bridgehead atoms. The third-order valence-electron chi connectivity index (χ3n) is 3.32. The smallest absolute Gasteiger partial charge is 0.272 e. The summed E-state index contributed by atoms with van der Waals surface area (Å²) in [5.41, 5.74) is 2.17. The van der Waals surface area contributed by atoms with Gasteiger partial charge in [-0.3, -0.25) is 10.1 Å². The normalized spacial score (nSPS) is 10.5. The van der Waals surface area contributed by atoms with E-state index in [4.69, 9.17) is 9.15 Å². The zero-order chi connectivity index (χ0) is 16.2. The van der Waals surface area contributed by atoms with Crippen LogP contribution in [0.3, 0.4) is 0 Å². The molecule has 23 heavy (non-hydrogen) atoms. The molecular formula is C17H14N2O4. The first kappa shape index (κ1) is 14.8. The van der Waals surface area contributed by atoms with Crippen LogP contribution in [0.5, 0.6) is 5.75 Å². The van der Waals surface area contributed by atoms with E-state index < -0.39 is 4.92 Å². The Kier molecular flexibility index (Phi) is 4.05. The summed E-state index contributed by atoms with van der Waals surface area (Å²) < 4.78 is 11.0. The SMILES string of the molecule is Cc1cc(OCc2coc(-c3ccccc3)n2)ccc1[N+](=O)[O-]. The van der Waals surface area contributed by atoms with E-state index >= 15 is 0 Å². The number of nitro benzene ring substituents is 1. The van der Waals surface area contributed by atoms with Crippen molar-refractivity contribution in [3.63, 3.8) is 0 Å². The molecule has 0 amide bonds.